The van der Waals surface area contributed by atoms with Gasteiger partial charge in [0, 0.05) is 17.3 Å². The molecule has 1 aromatic carbocycles. The largest absolute Gasteiger partial charge is 0.481 e. The molecule has 1 N–H and O–H groups in total. The third-order valence-electron chi connectivity index (χ3n) is 2.78. The van der Waals surface area contributed by atoms with E-state index < -0.39 is 5.97 Å². The average molecular weight is 277 g/mol. The summed E-state index contributed by atoms with van der Waals surface area (Å²) in [6.07, 6.45) is 1.83. The van der Waals surface area contributed by atoms with Crippen LogP contribution in [0.2, 0.25) is 0 Å². The van der Waals surface area contributed by atoms with Gasteiger partial charge in [0.2, 0.25) is 6.79 Å². The minimum atomic E-state index is -0.801. The molecule has 0 amide bonds. The summed E-state index contributed by atoms with van der Waals surface area (Å²) in [7, 11) is 0. The molecule has 19 heavy (non-hydrogen) atoms. The highest BCUT2D eigenvalue weighted by Gasteiger charge is 2.16. The molecule has 0 saturated carbocycles. The van der Waals surface area contributed by atoms with Crippen LogP contribution < -0.4 is 9.47 Å². The van der Waals surface area contributed by atoms with Gasteiger partial charge >= 0.3 is 5.97 Å². The molecule has 98 valence electrons. The number of pyridine rings is 1. The lowest BCUT2D eigenvalue weighted by molar-refractivity contribution is -0.136. The van der Waals surface area contributed by atoms with Crippen molar-refractivity contribution in [2.24, 2.45) is 0 Å². The average Bonchev–Trinajstić information content (AvgIpc) is 2.83. The van der Waals surface area contributed by atoms with Crippen molar-refractivity contribution in [3.8, 4) is 11.5 Å². The third kappa shape index (κ3) is 2.44. The normalized spacial score (nSPS) is 12.8. The van der Waals surface area contributed by atoms with Crippen LogP contribution in [0.4, 0.5) is 0 Å². The number of carboxylic acids is 1. The maximum Gasteiger partial charge on any atom is 0.304 e. The SMILES string of the molecule is O=C(O)CCSc1nccc2cc3c(cc12)OCO3. The predicted molar refractivity (Wildman–Crippen MR) is 70.8 cm³/mol. The highest BCUT2D eigenvalue weighted by molar-refractivity contribution is 7.99. The van der Waals surface area contributed by atoms with Crippen molar-refractivity contribution in [2.75, 3.05) is 12.5 Å². The molecule has 1 aromatic heterocycles. The van der Waals surface area contributed by atoms with Crippen molar-refractivity contribution in [1.29, 1.82) is 0 Å². The summed E-state index contributed by atoms with van der Waals surface area (Å²) in [5.41, 5.74) is 0. The molecule has 1 aliphatic heterocycles. The minimum absolute atomic E-state index is 0.118. The number of hydrogen-bond acceptors (Lipinski definition) is 5. The number of carbonyl (C=O) groups is 1. The fraction of sp³-hybridized carbons (Fsp3) is 0.231. The fourth-order valence-corrected chi connectivity index (χ4v) is 2.82. The molecule has 0 saturated heterocycles. The highest BCUT2D eigenvalue weighted by atomic mass is 32.2. The first-order valence-electron chi connectivity index (χ1n) is 5.77. The van der Waals surface area contributed by atoms with Gasteiger partial charge in [-0.1, -0.05) is 0 Å². The van der Waals surface area contributed by atoms with Gasteiger partial charge in [-0.2, -0.15) is 0 Å². The molecule has 1 aliphatic rings. The van der Waals surface area contributed by atoms with Gasteiger partial charge < -0.3 is 14.6 Å². The summed E-state index contributed by atoms with van der Waals surface area (Å²) in [4.78, 5) is 14.8. The number of aromatic nitrogens is 1. The molecule has 2 heterocycles. The van der Waals surface area contributed by atoms with Gasteiger partial charge in [0.25, 0.3) is 0 Å². The summed E-state index contributed by atoms with van der Waals surface area (Å²) in [5.74, 6) is 1.14. The molecule has 0 spiro atoms. The number of ether oxygens (including phenoxy) is 2. The van der Waals surface area contributed by atoms with Crippen molar-refractivity contribution in [3.05, 3.63) is 24.4 Å². The Kier molecular flexibility index (Phi) is 3.16. The van der Waals surface area contributed by atoms with E-state index in [2.05, 4.69) is 4.98 Å². The van der Waals surface area contributed by atoms with E-state index in [-0.39, 0.29) is 13.2 Å². The lowest BCUT2D eigenvalue weighted by Gasteiger charge is -2.05. The number of carboxylic acid groups (broad SMARTS) is 1. The number of aliphatic carboxylic acids is 1. The van der Waals surface area contributed by atoms with E-state index in [1.54, 1.807) is 6.20 Å². The standard InChI is InChI=1S/C13H11NO4S/c15-12(16)2-4-19-13-9-6-11-10(17-7-18-11)5-8(9)1-3-14-13/h1,3,5-6H,2,4,7H2,(H,15,16). The zero-order chi connectivity index (χ0) is 13.2. The van der Waals surface area contributed by atoms with Crippen LogP contribution in [0.1, 0.15) is 6.42 Å². The molecule has 0 aliphatic carbocycles. The summed E-state index contributed by atoms with van der Waals surface area (Å²) >= 11 is 1.44. The van der Waals surface area contributed by atoms with Gasteiger partial charge in [-0.15, -0.1) is 11.8 Å². The molecule has 5 nitrogen and oxygen atoms in total. The van der Waals surface area contributed by atoms with Crippen molar-refractivity contribution in [2.45, 2.75) is 11.4 Å². The zero-order valence-corrected chi connectivity index (χ0v) is 10.8. The van der Waals surface area contributed by atoms with E-state index in [0.29, 0.717) is 11.5 Å². The van der Waals surface area contributed by atoms with Crippen LogP contribution in [0.5, 0.6) is 11.5 Å². The zero-order valence-electron chi connectivity index (χ0n) is 9.96. The molecule has 2 aromatic rings. The van der Waals surface area contributed by atoms with Crippen molar-refractivity contribution < 1.29 is 19.4 Å². The Bertz CT molecular complexity index is 644. The smallest absolute Gasteiger partial charge is 0.304 e. The van der Waals surface area contributed by atoms with Crippen LogP contribution in [-0.2, 0) is 4.79 Å². The molecule has 0 bridgehead atoms. The van der Waals surface area contributed by atoms with Gasteiger partial charge in [0.15, 0.2) is 11.5 Å². The van der Waals surface area contributed by atoms with Crippen molar-refractivity contribution >= 4 is 28.5 Å². The molecule has 0 unspecified atom stereocenters. The Morgan fingerprint density at radius 1 is 1.37 bits per heavy atom. The number of hydrogen-bond donors (Lipinski definition) is 1. The first-order chi connectivity index (χ1) is 9.24. The minimum Gasteiger partial charge on any atom is -0.481 e. The Morgan fingerprint density at radius 3 is 2.95 bits per heavy atom. The van der Waals surface area contributed by atoms with Crippen LogP contribution in [-0.4, -0.2) is 28.6 Å². The van der Waals surface area contributed by atoms with Gasteiger partial charge in [-0.05, 0) is 23.6 Å². The lowest BCUT2D eigenvalue weighted by Crippen LogP contribution is -1.96. The molecule has 0 fully saturated rings. The van der Waals surface area contributed by atoms with Crippen LogP contribution in [0.15, 0.2) is 29.4 Å². The number of nitrogens with zero attached hydrogens (tertiary/aromatic N) is 1. The summed E-state index contributed by atoms with van der Waals surface area (Å²) in [5, 5.41) is 11.4. The van der Waals surface area contributed by atoms with Crippen molar-refractivity contribution in [3.63, 3.8) is 0 Å². The van der Waals surface area contributed by atoms with Gasteiger partial charge in [0.1, 0.15) is 5.03 Å². The number of fused-ring (bicyclic) bond motifs is 2. The van der Waals surface area contributed by atoms with Gasteiger partial charge in [-0.25, -0.2) is 4.98 Å². The second-order valence-electron chi connectivity index (χ2n) is 4.03. The predicted octanol–water partition coefficient (Wildman–Crippen LogP) is 2.53. The van der Waals surface area contributed by atoms with Gasteiger partial charge in [-0.3, -0.25) is 4.79 Å². The summed E-state index contributed by atoms with van der Waals surface area (Å²) in [6, 6.07) is 5.72. The van der Waals surface area contributed by atoms with E-state index >= 15 is 0 Å². The molecule has 3 rings (SSSR count). The monoisotopic (exact) mass is 277 g/mol. The molecule has 0 atom stereocenters. The van der Waals surface area contributed by atoms with E-state index in [9.17, 15) is 4.79 Å². The molecule has 6 heteroatoms. The highest BCUT2D eigenvalue weighted by Crippen LogP contribution is 2.38. The summed E-state index contributed by atoms with van der Waals surface area (Å²) < 4.78 is 10.7. The third-order valence-corrected chi connectivity index (χ3v) is 3.78. The second-order valence-corrected chi connectivity index (χ2v) is 5.12. The first-order valence-corrected chi connectivity index (χ1v) is 6.75. The second kappa shape index (κ2) is 4.97. The van der Waals surface area contributed by atoms with Crippen molar-refractivity contribution in [1.82, 2.24) is 4.98 Å². The van der Waals surface area contributed by atoms with Gasteiger partial charge in [0.05, 0.1) is 6.42 Å². The molecular formula is C13H11NO4S. The maximum atomic E-state index is 10.5. The molecular weight excluding hydrogens is 266 g/mol. The summed E-state index contributed by atoms with van der Waals surface area (Å²) in [6.45, 7) is 0.237. The Hall–Kier alpha value is -1.95. The maximum absolute atomic E-state index is 10.5. The van der Waals surface area contributed by atoms with Crippen LogP contribution >= 0.6 is 11.8 Å². The van der Waals surface area contributed by atoms with E-state index in [1.807, 2.05) is 18.2 Å². The number of rotatable bonds is 4. The van der Waals surface area contributed by atoms with Crippen LogP contribution in [0, 0.1) is 0 Å². The van der Waals surface area contributed by atoms with E-state index in [0.717, 1.165) is 21.5 Å². The fourth-order valence-electron chi connectivity index (χ4n) is 1.89. The Labute approximate surface area is 113 Å². The lowest BCUT2D eigenvalue weighted by atomic mass is 10.1. The van der Waals surface area contributed by atoms with E-state index in [4.69, 9.17) is 14.6 Å². The Balaban J connectivity index is 1.93. The van der Waals surface area contributed by atoms with Crippen LogP contribution in [0.25, 0.3) is 10.8 Å². The number of benzene rings is 1. The topological polar surface area (TPSA) is 68.7 Å². The Morgan fingerprint density at radius 2 is 2.16 bits per heavy atom. The quantitative estimate of drug-likeness (QED) is 0.866. The van der Waals surface area contributed by atoms with Crippen LogP contribution in [0.3, 0.4) is 0 Å². The van der Waals surface area contributed by atoms with E-state index in [1.165, 1.54) is 11.8 Å². The number of thioether (sulfide) groups is 1. The molecule has 0 radical (unpaired) electrons. The first kappa shape index (κ1) is 12.1.